The van der Waals surface area contributed by atoms with E-state index in [4.69, 9.17) is 11.6 Å². The molecule has 0 radical (unpaired) electrons. The van der Waals surface area contributed by atoms with Crippen LogP contribution in [0.3, 0.4) is 0 Å². The van der Waals surface area contributed by atoms with Crippen LogP contribution in [0, 0.1) is 5.92 Å². The molecule has 0 aliphatic rings. The van der Waals surface area contributed by atoms with Crippen LogP contribution in [0.15, 0.2) is 0 Å². The first-order valence-corrected chi connectivity index (χ1v) is 10.1. The Labute approximate surface area is 140 Å². The summed E-state index contributed by atoms with van der Waals surface area (Å²) in [6.07, 6.45) is 19.6. The summed E-state index contributed by atoms with van der Waals surface area (Å²) in [6, 6.07) is 0. The van der Waals surface area contributed by atoms with Gasteiger partial charge in [-0.15, -0.1) is 11.6 Å². The van der Waals surface area contributed by atoms with Gasteiger partial charge < -0.3 is 0 Å². The molecule has 0 nitrogen and oxygen atoms in total. The van der Waals surface area contributed by atoms with Crippen LogP contribution < -0.4 is 0 Å². The minimum atomic E-state index is 0.00130. The van der Waals surface area contributed by atoms with Crippen LogP contribution in [0.5, 0.6) is 0 Å². The molecule has 0 aliphatic carbocycles. The molecule has 0 rings (SSSR count). The average molecular weight is 317 g/mol. The van der Waals surface area contributed by atoms with Gasteiger partial charge in [0.05, 0.1) is 0 Å². The summed E-state index contributed by atoms with van der Waals surface area (Å²) in [7, 11) is 0. The number of rotatable bonds is 15. The van der Waals surface area contributed by atoms with E-state index in [1.165, 1.54) is 83.5 Å². The lowest BCUT2D eigenvalue weighted by molar-refractivity contribution is 0.376. The van der Waals surface area contributed by atoms with E-state index in [0.29, 0.717) is 0 Å². The van der Waals surface area contributed by atoms with Gasteiger partial charge in [0.2, 0.25) is 0 Å². The number of unbranched alkanes of at least 4 members (excludes halogenated alkanes) is 7. The third-order valence-corrected chi connectivity index (χ3v) is 4.74. The topological polar surface area (TPSA) is 0 Å². The fraction of sp³-hybridized carbons (Fsp3) is 1.00. The van der Waals surface area contributed by atoms with Crippen molar-refractivity contribution in [3.8, 4) is 0 Å². The van der Waals surface area contributed by atoms with Crippen LogP contribution in [0.4, 0.5) is 0 Å². The fourth-order valence-corrected chi connectivity index (χ4v) is 3.34. The van der Waals surface area contributed by atoms with Crippen LogP contribution in [-0.2, 0) is 0 Å². The van der Waals surface area contributed by atoms with Crippen molar-refractivity contribution < 1.29 is 0 Å². The lowest BCUT2D eigenvalue weighted by Gasteiger charge is -2.17. The molecule has 0 N–H and O–H groups in total. The Morgan fingerprint density at radius 2 is 1.19 bits per heavy atom. The first-order chi connectivity index (χ1) is 9.99. The number of halogens is 1. The molecule has 0 spiro atoms. The summed E-state index contributed by atoms with van der Waals surface area (Å²) in [5, 5.41) is 0. The normalized spacial score (nSPS) is 13.6. The zero-order valence-electron chi connectivity index (χ0n) is 15.4. The predicted octanol–water partition coefficient (Wildman–Crippen LogP) is 8.12. The molecular weight excluding hydrogens is 276 g/mol. The quantitative estimate of drug-likeness (QED) is 0.211. The lowest BCUT2D eigenvalue weighted by atomic mass is 9.90. The van der Waals surface area contributed by atoms with Gasteiger partial charge in [0.1, 0.15) is 0 Å². The van der Waals surface area contributed by atoms with Crippen molar-refractivity contribution in [3.63, 3.8) is 0 Å². The van der Waals surface area contributed by atoms with Crippen molar-refractivity contribution in [1.29, 1.82) is 0 Å². The highest BCUT2D eigenvalue weighted by Gasteiger charge is 2.12. The number of hydrogen-bond acceptors (Lipinski definition) is 0. The second-order valence-corrected chi connectivity index (χ2v) is 8.55. The van der Waals surface area contributed by atoms with Crippen molar-refractivity contribution in [2.45, 2.75) is 122 Å². The largest absolute Gasteiger partial charge is 0.120 e. The highest BCUT2D eigenvalue weighted by atomic mass is 35.5. The van der Waals surface area contributed by atoms with Crippen molar-refractivity contribution >= 4 is 11.6 Å². The van der Waals surface area contributed by atoms with Gasteiger partial charge in [-0.05, 0) is 26.2 Å². The van der Waals surface area contributed by atoms with Gasteiger partial charge in [-0.25, -0.2) is 0 Å². The third-order valence-electron chi connectivity index (χ3n) is 4.55. The number of hydrogen-bond donors (Lipinski definition) is 0. The summed E-state index contributed by atoms with van der Waals surface area (Å²) >= 11 is 6.24. The minimum Gasteiger partial charge on any atom is -0.120 e. The first-order valence-electron chi connectivity index (χ1n) is 9.68. The van der Waals surface area contributed by atoms with Crippen LogP contribution in [0.1, 0.15) is 118 Å². The Kier molecular flexibility index (Phi) is 14.1. The Balaban J connectivity index is 3.57. The molecule has 1 atom stereocenters. The zero-order valence-corrected chi connectivity index (χ0v) is 16.1. The summed E-state index contributed by atoms with van der Waals surface area (Å²) in [5.41, 5.74) is 0. The Morgan fingerprint density at radius 1 is 0.667 bits per heavy atom. The molecule has 128 valence electrons. The van der Waals surface area contributed by atoms with Gasteiger partial charge >= 0.3 is 0 Å². The Bertz CT molecular complexity index is 204. The molecule has 0 saturated carbocycles. The van der Waals surface area contributed by atoms with E-state index in [9.17, 15) is 0 Å². The highest BCUT2D eigenvalue weighted by molar-refractivity contribution is 6.23. The molecular formula is C20H41Cl. The van der Waals surface area contributed by atoms with E-state index >= 15 is 0 Å². The molecule has 0 aromatic carbocycles. The summed E-state index contributed by atoms with van der Waals surface area (Å²) in [5.74, 6) is 0.991. The molecule has 0 heterocycles. The van der Waals surface area contributed by atoms with Gasteiger partial charge in [0, 0.05) is 4.87 Å². The molecule has 1 unspecified atom stereocenters. The second kappa shape index (κ2) is 13.9. The van der Waals surface area contributed by atoms with Gasteiger partial charge in [-0.1, -0.05) is 97.3 Å². The van der Waals surface area contributed by atoms with Crippen LogP contribution in [0.2, 0.25) is 0 Å². The summed E-state index contributed by atoms with van der Waals surface area (Å²) in [6.45, 7) is 8.90. The predicted molar refractivity (Wildman–Crippen MR) is 99.4 cm³/mol. The Morgan fingerprint density at radius 3 is 1.71 bits per heavy atom. The number of alkyl halides is 1. The van der Waals surface area contributed by atoms with E-state index in [1.54, 1.807) is 0 Å². The maximum atomic E-state index is 6.24. The molecule has 0 amide bonds. The fourth-order valence-electron chi connectivity index (χ4n) is 3.21. The monoisotopic (exact) mass is 316 g/mol. The van der Waals surface area contributed by atoms with Crippen LogP contribution >= 0.6 is 11.6 Å². The van der Waals surface area contributed by atoms with E-state index in [1.807, 2.05) is 0 Å². The van der Waals surface area contributed by atoms with Crippen LogP contribution in [0.25, 0.3) is 0 Å². The maximum Gasteiger partial charge on any atom is 0.0390 e. The van der Waals surface area contributed by atoms with Crippen molar-refractivity contribution in [3.05, 3.63) is 0 Å². The molecule has 1 heteroatoms. The average Bonchev–Trinajstić information content (AvgIpc) is 2.40. The molecule has 0 aromatic heterocycles. The minimum absolute atomic E-state index is 0.00130. The second-order valence-electron chi connectivity index (χ2n) is 7.53. The maximum absolute atomic E-state index is 6.24. The smallest absolute Gasteiger partial charge is 0.0390 e. The summed E-state index contributed by atoms with van der Waals surface area (Å²) in [4.78, 5) is 0.00130. The molecule has 0 fully saturated rings. The highest BCUT2D eigenvalue weighted by Crippen LogP contribution is 2.25. The lowest BCUT2D eigenvalue weighted by Crippen LogP contribution is -2.09. The summed E-state index contributed by atoms with van der Waals surface area (Å²) < 4.78 is 0. The van der Waals surface area contributed by atoms with Crippen LogP contribution in [-0.4, -0.2) is 4.87 Å². The Hall–Kier alpha value is 0.290. The van der Waals surface area contributed by atoms with Gasteiger partial charge in [-0.3, -0.25) is 0 Å². The first kappa shape index (κ1) is 21.3. The van der Waals surface area contributed by atoms with Crippen molar-refractivity contribution in [2.24, 2.45) is 5.92 Å². The zero-order chi connectivity index (χ0) is 16.0. The van der Waals surface area contributed by atoms with Gasteiger partial charge in [0.25, 0.3) is 0 Å². The van der Waals surface area contributed by atoms with E-state index in [0.717, 1.165) is 12.3 Å². The molecule has 0 saturated heterocycles. The van der Waals surface area contributed by atoms with Crippen molar-refractivity contribution in [1.82, 2.24) is 0 Å². The molecule has 0 bridgehead atoms. The van der Waals surface area contributed by atoms with E-state index in [2.05, 4.69) is 27.7 Å². The van der Waals surface area contributed by atoms with E-state index in [-0.39, 0.29) is 4.87 Å². The molecule has 0 aromatic rings. The van der Waals surface area contributed by atoms with E-state index < -0.39 is 0 Å². The third kappa shape index (κ3) is 16.5. The van der Waals surface area contributed by atoms with Gasteiger partial charge in [-0.2, -0.15) is 0 Å². The molecule has 21 heavy (non-hydrogen) atoms. The van der Waals surface area contributed by atoms with Gasteiger partial charge in [0.15, 0.2) is 0 Å². The molecule has 0 aliphatic heterocycles. The SMILES string of the molecule is CCCCCCCCC(CCC)CCCCCC(C)(C)Cl. The standard InChI is InChI=1S/C20H41Cl/c1-5-7-8-9-10-12-16-19(15-6-2)17-13-11-14-18-20(3,4)21/h19H,5-18H2,1-4H3. The van der Waals surface area contributed by atoms with Crippen molar-refractivity contribution in [2.75, 3.05) is 0 Å².